The minimum Gasteiger partial charge on any atom is -0.436 e. The van der Waals surface area contributed by atoms with E-state index in [1.54, 1.807) is 4.57 Å². The topological polar surface area (TPSA) is 86.3 Å². The summed E-state index contributed by atoms with van der Waals surface area (Å²) in [6.07, 6.45) is 2.30. The van der Waals surface area contributed by atoms with E-state index in [1.165, 1.54) is 11.8 Å². The predicted octanol–water partition coefficient (Wildman–Crippen LogP) is 3.83. The average Bonchev–Trinajstić information content (AvgIpc) is 3.23. The van der Waals surface area contributed by atoms with Gasteiger partial charge in [-0.1, -0.05) is 29.8 Å². The first-order valence-electron chi connectivity index (χ1n) is 9.76. The molecule has 0 saturated carbocycles. The molecule has 31 heavy (non-hydrogen) atoms. The van der Waals surface area contributed by atoms with Crippen molar-refractivity contribution in [3.05, 3.63) is 69.0 Å². The number of rotatable bonds is 4. The van der Waals surface area contributed by atoms with Crippen molar-refractivity contribution in [1.82, 2.24) is 19.4 Å². The summed E-state index contributed by atoms with van der Waals surface area (Å²) in [6, 6.07) is 12.2. The van der Waals surface area contributed by atoms with Crippen LogP contribution >= 0.6 is 25.1 Å². The number of aromatic nitrogens is 3. The van der Waals surface area contributed by atoms with Crippen molar-refractivity contribution in [2.45, 2.75) is 32.0 Å². The second kappa shape index (κ2) is 8.14. The SMILES string of the molecule is C[C@@]1(CN2CCc3nc(-c4ccc(Cl)cc4)ccc3C2)Cn2cc([N+](=O)[O-])nc2O1.S. The summed E-state index contributed by atoms with van der Waals surface area (Å²) in [5.41, 5.74) is 3.89. The van der Waals surface area contributed by atoms with E-state index in [1.807, 2.05) is 37.3 Å². The molecule has 4 heterocycles. The van der Waals surface area contributed by atoms with Crippen LogP contribution in [-0.4, -0.2) is 43.0 Å². The zero-order valence-electron chi connectivity index (χ0n) is 16.9. The standard InChI is InChI=1S/C21H20ClN5O3.H2S/c1-21(13-26-11-19(27(28)29)24-20(26)30-21)12-25-9-8-18-15(10-25)4-7-17(23-18)14-2-5-16(22)6-3-14;/h2-7,11H,8-10,12-13H2,1H3;1H2/t21-;/m1./s1. The summed E-state index contributed by atoms with van der Waals surface area (Å²) >= 11 is 5.98. The van der Waals surface area contributed by atoms with Crippen LogP contribution in [0.4, 0.5) is 5.82 Å². The molecular weight excluding hydrogens is 438 g/mol. The van der Waals surface area contributed by atoms with Crippen LogP contribution in [-0.2, 0) is 19.5 Å². The molecule has 1 atom stereocenters. The minimum atomic E-state index is -0.501. The Balaban J connectivity index is 0.00000231. The fourth-order valence-electron chi connectivity index (χ4n) is 4.23. The molecule has 10 heteroatoms. The quantitative estimate of drug-likeness (QED) is 0.435. The van der Waals surface area contributed by atoms with E-state index in [-0.39, 0.29) is 19.3 Å². The maximum Gasteiger partial charge on any atom is 0.415 e. The number of fused-ring (bicyclic) bond motifs is 2. The Labute approximate surface area is 191 Å². The van der Waals surface area contributed by atoms with Gasteiger partial charge in [-0.05, 0) is 35.6 Å². The van der Waals surface area contributed by atoms with Crippen LogP contribution in [0.5, 0.6) is 6.01 Å². The van der Waals surface area contributed by atoms with Gasteiger partial charge >= 0.3 is 11.8 Å². The third-order valence-corrected chi connectivity index (χ3v) is 5.83. The fourth-order valence-corrected chi connectivity index (χ4v) is 4.35. The van der Waals surface area contributed by atoms with Crippen LogP contribution in [0.1, 0.15) is 18.2 Å². The zero-order valence-corrected chi connectivity index (χ0v) is 18.7. The summed E-state index contributed by atoms with van der Waals surface area (Å²) in [4.78, 5) is 21.6. The van der Waals surface area contributed by atoms with Gasteiger partial charge in [-0.15, -0.1) is 0 Å². The highest BCUT2D eigenvalue weighted by atomic mass is 35.5. The average molecular weight is 460 g/mol. The second-order valence-corrected chi connectivity index (χ2v) is 8.52. The van der Waals surface area contributed by atoms with E-state index in [0.29, 0.717) is 24.1 Å². The van der Waals surface area contributed by atoms with Gasteiger partial charge in [0.25, 0.3) is 0 Å². The molecule has 0 spiro atoms. The summed E-state index contributed by atoms with van der Waals surface area (Å²) in [5.74, 6) is -0.179. The Hall–Kier alpha value is -2.62. The molecule has 0 unspecified atom stereocenters. The molecule has 0 N–H and O–H groups in total. The Morgan fingerprint density at radius 1 is 1.23 bits per heavy atom. The molecule has 0 fully saturated rings. The highest BCUT2D eigenvalue weighted by Gasteiger charge is 2.41. The third kappa shape index (κ3) is 4.26. The molecule has 8 nitrogen and oxygen atoms in total. The molecule has 2 aliphatic heterocycles. The molecule has 1 aromatic carbocycles. The van der Waals surface area contributed by atoms with Crippen molar-refractivity contribution in [3.8, 4) is 17.3 Å². The summed E-state index contributed by atoms with van der Waals surface area (Å²) < 4.78 is 7.70. The smallest absolute Gasteiger partial charge is 0.415 e. The minimum absolute atomic E-state index is 0. The molecule has 2 aliphatic rings. The number of hydrogen-bond donors (Lipinski definition) is 0. The van der Waals surface area contributed by atoms with Crippen molar-refractivity contribution < 1.29 is 9.66 Å². The van der Waals surface area contributed by atoms with Gasteiger partial charge in [0.15, 0.2) is 0 Å². The lowest BCUT2D eigenvalue weighted by atomic mass is 10.0. The third-order valence-electron chi connectivity index (χ3n) is 5.58. The van der Waals surface area contributed by atoms with Crippen LogP contribution in [0.25, 0.3) is 11.3 Å². The first kappa shape index (κ1) is 21.6. The number of benzene rings is 1. The summed E-state index contributed by atoms with van der Waals surface area (Å²) in [6.45, 7) is 4.95. The number of imidazole rings is 1. The van der Waals surface area contributed by atoms with E-state index in [2.05, 4.69) is 16.0 Å². The van der Waals surface area contributed by atoms with Crippen LogP contribution in [0.2, 0.25) is 5.02 Å². The molecule has 0 bridgehead atoms. The van der Waals surface area contributed by atoms with Crippen molar-refractivity contribution in [1.29, 1.82) is 0 Å². The number of halogens is 1. The van der Waals surface area contributed by atoms with Crippen molar-refractivity contribution in [2.75, 3.05) is 13.1 Å². The molecule has 3 aromatic rings. The van der Waals surface area contributed by atoms with Gasteiger partial charge in [0.2, 0.25) is 0 Å². The van der Waals surface area contributed by atoms with Gasteiger partial charge in [0.05, 0.1) is 12.2 Å². The van der Waals surface area contributed by atoms with Gasteiger partial charge in [0, 0.05) is 47.3 Å². The predicted molar refractivity (Wildman–Crippen MR) is 122 cm³/mol. The van der Waals surface area contributed by atoms with Gasteiger partial charge in [-0.2, -0.15) is 13.5 Å². The Morgan fingerprint density at radius 3 is 2.71 bits per heavy atom. The second-order valence-electron chi connectivity index (χ2n) is 8.09. The van der Waals surface area contributed by atoms with Crippen LogP contribution in [0.3, 0.4) is 0 Å². The summed E-state index contributed by atoms with van der Waals surface area (Å²) in [7, 11) is 0. The van der Waals surface area contributed by atoms with Gasteiger partial charge in [-0.3, -0.25) is 14.5 Å². The lowest BCUT2D eigenvalue weighted by molar-refractivity contribution is -0.389. The maximum atomic E-state index is 10.9. The van der Waals surface area contributed by atoms with Crippen molar-refractivity contribution in [3.63, 3.8) is 0 Å². The van der Waals surface area contributed by atoms with E-state index < -0.39 is 10.5 Å². The molecular formula is C21H22ClN5O3S. The summed E-state index contributed by atoms with van der Waals surface area (Å²) in [5, 5.41) is 11.6. The van der Waals surface area contributed by atoms with E-state index in [9.17, 15) is 10.1 Å². The molecule has 2 aromatic heterocycles. The molecule has 0 radical (unpaired) electrons. The molecule has 5 rings (SSSR count). The van der Waals surface area contributed by atoms with E-state index in [0.717, 1.165) is 36.5 Å². The zero-order chi connectivity index (χ0) is 20.9. The van der Waals surface area contributed by atoms with Gasteiger partial charge < -0.3 is 14.9 Å². The number of nitro groups is 1. The number of nitrogens with zero attached hydrogens (tertiary/aromatic N) is 5. The number of ether oxygens (including phenoxy) is 1. The highest BCUT2D eigenvalue weighted by molar-refractivity contribution is 7.59. The monoisotopic (exact) mass is 459 g/mol. The Morgan fingerprint density at radius 2 is 2.00 bits per heavy atom. The highest BCUT2D eigenvalue weighted by Crippen LogP contribution is 2.32. The molecule has 162 valence electrons. The van der Waals surface area contributed by atoms with Crippen LogP contribution in [0.15, 0.2) is 42.6 Å². The molecule has 0 saturated heterocycles. The van der Waals surface area contributed by atoms with Crippen LogP contribution < -0.4 is 4.74 Å². The fraction of sp³-hybridized carbons (Fsp3) is 0.333. The van der Waals surface area contributed by atoms with Crippen molar-refractivity contribution in [2.24, 2.45) is 0 Å². The Kier molecular flexibility index (Phi) is 5.67. The Bertz CT molecular complexity index is 1110. The normalized spacial score (nSPS) is 19.8. The van der Waals surface area contributed by atoms with Gasteiger partial charge in [-0.25, -0.2) is 0 Å². The largest absolute Gasteiger partial charge is 0.436 e. The van der Waals surface area contributed by atoms with E-state index >= 15 is 0 Å². The van der Waals surface area contributed by atoms with Gasteiger partial charge in [0.1, 0.15) is 11.8 Å². The first-order chi connectivity index (χ1) is 14.4. The number of hydrogen-bond acceptors (Lipinski definition) is 6. The van der Waals surface area contributed by atoms with Crippen LogP contribution in [0, 0.1) is 10.1 Å². The lowest BCUT2D eigenvalue weighted by Gasteiger charge is -2.34. The number of pyridine rings is 1. The molecule has 0 aliphatic carbocycles. The molecule has 0 amide bonds. The van der Waals surface area contributed by atoms with E-state index in [4.69, 9.17) is 21.3 Å². The first-order valence-corrected chi connectivity index (χ1v) is 10.1. The van der Waals surface area contributed by atoms with Crippen molar-refractivity contribution >= 4 is 30.9 Å². The maximum absolute atomic E-state index is 10.9. The lowest BCUT2D eigenvalue weighted by Crippen LogP contribution is -2.46.